The highest BCUT2D eigenvalue weighted by atomic mass is 16.5. The van der Waals surface area contributed by atoms with Crippen LogP contribution in [-0.2, 0) is 11.3 Å². The van der Waals surface area contributed by atoms with Crippen LogP contribution >= 0.6 is 0 Å². The number of piperazine rings is 1. The maximum atomic E-state index is 12.9. The lowest BCUT2D eigenvalue weighted by molar-refractivity contribution is -0.134. The number of rotatable bonds is 5. The summed E-state index contributed by atoms with van der Waals surface area (Å²) in [7, 11) is 0. The smallest absolute Gasteiger partial charge is 0.242 e. The molecule has 1 aromatic carbocycles. The number of benzene rings is 1. The van der Waals surface area contributed by atoms with Gasteiger partial charge in [-0.25, -0.2) is 9.97 Å². The summed E-state index contributed by atoms with van der Waals surface area (Å²) in [6.45, 7) is 4.76. The number of ether oxygens (including phenoxy) is 1. The Morgan fingerprint density at radius 1 is 1.06 bits per heavy atom. The lowest BCUT2D eigenvalue weighted by Crippen LogP contribution is -2.54. The van der Waals surface area contributed by atoms with E-state index in [1.807, 2.05) is 12.1 Å². The van der Waals surface area contributed by atoms with E-state index in [1.54, 1.807) is 6.33 Å². The van der Waals surface area contributed by atoms with E-state index in [4.69, 9.17) is 9.73 Å². The Morgan fingerprint density at radius 3 is 2.70 bits per heavy atom. The van der Waals surface area contributed by atoms with Crippen LogP contribution in [0.25, 0.3) is 0 Å². The first-order chi connectivity index (χ1) is 16.1. The Bertz CT molecular complexity index is 1100. The summed E-state index contributed by atoms with van der Waals surface area (Å²) in [6.07, 6.45) is 9.87. The molecule has 0 radical (unpaired) electrons. The highest BCUT2D eigenvalue weighted by molar-refractivity contribution is 6.14. The van der Waals surface area contributed by atoms with Gasteiger partial charge in [0.25, 0.3) is 0 Å². The Morgan fingerprint density at radius 2 is 1.91 bits per heavy atom. The van der Waals surface area contributed by atoms with Gasteiger partial charge in [-0.1, -0.05) is 25.3 Å². The van der Waals surface area contributed by atoms with Gasteiger partial charge in [-0.2, -0.15) is 0 Å². The van der Waals surface area contributed by atoms with Crippen LogP contribution in [0.15, 0.2) is 35.6 Å². The Kier molecular flexibility index (Phi) is 5.07. The van der Waals surface area contributed by atoms with Crippen molar-refractivity contribution >= 4 is 17.4 Å². The topological polar surface area (TPSA) is 70.9 Å². The lowest BCUT2D eigenvalue weighted by atomic mass is 9.93. The number of carbonyl (C=O) groups excluding carboxylic acids is 1. The minimum Gasteiger partial charge on any atom is -0.488 e. The second-order valence-corrected chi connectivity index (χ2v) is 10.1. The van der Waals surface area contributed by atoms with Crippen molar-refractivity contribution in [1.82, 2.24) is 14.9 Å². The molecule has 0 unspecified atom stereocenters. The normalized spacial score (nSPS) is 22.2. The first-order valence-corrected chi connectivity index (χ1v) is 12.3. The predicted molar refractivity (Wildman–Crippen MR) is 127 cm³/mol. The number of carbonyl (C=O) groups is 1. The SMILES string of the molecule is CC1(Oc2ccc3c(c2)C(c2cc(N4CCN(C5CCCCC5)C(=O)C4)ncn2)=NC3)CC1. The standard InChI is InChI=1S/C26H31N5O2/c1-26(9-10-26)33-20-8-7-18-15-27-25(21(18)13-20)22-14-23(29-17-28-22)30-11-12-31(24(32)16-30)19-5-3-2-4-6-19/h7-8,13-14,17,19H,2-6,9-12,15-16H2,1H3. The third kappa shape index (κ3) is 4.09. The average Bonchev–Trinajstić information content (AvgIpc) is 3.41. The number of amides is 1. The van der Waals surface area contributed by atoms with Gasteiger partial charge in [-0.05, 0) is 50.3 Å². The zero-order valence-electron chi connectivity index (χ0n) is 19.3. The summed E-state index contributed by atoms with van der Waals surface area (Å²) in [4.78, 5) is 30.9. The molecule has 172 valence electrons. The van der Waals surface area contributed by atoms with E-state index in [9.17, 15) is 4.79 Å². The summed E-state index contributed by atoms with van der Waals surface area (Å²) in [5, 5.41) is 0. The zero-order chi connectivity index (χ0) is 22.4. The van der Waals surface area contributed by atoms with Crippen molar-refractivity contribution in [2.24, 2.45) is 4.99 Å². The van der Waals surface area contributed by atoms with E-state index >= 15 is 0 Å². The second-order valence-electron chi connectivity index (χ2n) is 10.1. The van der Waals surface area contributed by atoms with Gasteiger partial charge in [0.2, 0.25) is 5.91 Å². The monoisotopic (exact) mass is 445 g/mol. The summed E-state index contributed by atoms with van der Waals surface area (Å²) < 4.78 is 6.17. The maximum Gasteiger partial charge on any atom is 0.242 e. The Labute approximate surface area is 194 Å². The van der Waals surface area contributed by atoms with E-state index in [-0.39, 0.29) is 11.5 Å². The summed E-state index contributed by atoms with van der Waals surface area (Å²) >= 11 is 0. The number of hydrogen-bond donors (Lipinski definition) is 0. The van der Waals surface area contributed by atoms with Gasteiger partial charge in [0.15, 0.2) is 0 Å². The molecule has 0 spiro atoms. The van der Waals surface area contributed by atoms with Crippen molar-refractivity contribution in [3.8, 4) is 5.75 Å². The van der Waals surface area contributed by atoms with E-state index in [0.717, 1.165) is 67.3 Å². The van der Waals surface area contributed by atoms with Crippen LogP contribution in [0.3, 0.4) is 0 Å². The quantitative estimate of drug-likeness (QED) is 0.701. The van der Waals surface area contributed by atoms with Crippen LogP contribution in [0.5, 0.6) is 5.75 Å². The van der Waals surface area contributed by atoms with Crippen molar-refractivity contribution in [2.45, 2.75) is 70.1 Å². The molecule has 7 nitrogen and oxygen atoms in total. The van der Waals surface area contributed by atoms with Crippen LogP contribution in [0.2, 0.25) is 0 Å². The van der Waals surface area contributed by atoms with Crippen LogP contribution in [-0.4, -0.2) is 57.8 Å². The number of nitrogens with zero attached hydrogens (tertiary/aromatic N) is 5. The van der Waals surface area contributed by atoms with E-state index in [2.05, 4.69) is 38.8 Å². The molecule has 1 aromatic heterocycles. The maximum absolute atomic E-state index is 12.9. The first kappa shape index (κ1) is 20.6. The molecule has 6 rings (SSSR count). The second kappa shape index (κ2) is 8.12. The Balaban J connectivity index is 1.19. The van der Waals surface area contributed by atoms with Crippen molar-refractivity contribution in [1.29, 1.82) is 0 Å². The fourth-order valence-corrected chi connectivity index (χ4v) is 5.32. The van der Waals surface area contributed by atoms with Crippen LogP contribution in [0.1, 0.15) is 68.7 Å². The molecule has 1 amide bonds. The molecule has 0 N–H and O–H groups in total. The van der Waals surface area contributed by atoms with E-state index in [1.165, 1.54) is 24.8 Å². The third-order valence-electron chi connectivity index (χ3n) is 7.55. The fourth-order valence-electron chi connectivity index (χ4n) is 5.32. The number of anilines is 1. The highest BCUT2D eigenvalue weighted by Gasteiger charge is 2.40. The fraction of sp³-hybridized carbons (Fsp3) is 0.538. The van der Waals surface area contributed by atoms with E-state index < -0.39 is 0 Å². The molecule has 0 atom stereocenters. The largest absolute Gasteiger partial charge is 0.488 e. The molecule has 3 heterocycles. The molecule has 2 aromatic rings. The number of aliphatic imine (C=N–C) groups is 1. The lowest BCUT2D eigenvalue weighted by Gasteiger charge is -2.40. The summed E-state index contributed by atoms with van der Waals surface area (Å²) in [5.41, 5.74) is 3.94. The molecule has 4 aliphatic rings. The summed E-state index contributed by atoms with van der Waals surface area (Å²) in [6, 6.07) is 8.65. The molecule has 3 fully saturated rings. The zero-order valence-corrected chi connectivity index (χ0v) is 19.3. The predicted octanol–water partition coefficient (Wildman–Crippen LogP) is 3.74. The van der Waals surface area contributed by atoms with Gasteiger partial charge in [0.1, 0.15) is 23.5 Å². The molecular formula is C26H31N5O2. The van der Waals surface area contributed by atoms with Crippen molar-refractivity contribution < 1.29 is 9.53 Å². The average molecular weight is 446 g/mol. The van der Waals surface area contributed by atoms with E-state index in [0.29, 0.717) is 19.1 Å². The van der Waals surface area contributed by atoms with Crippen LogP contribution in [0.4, 0.5) is 5.82 Å². The van der Waals surface area contributed by atoms with Crippen molar-refractivity contribution in [2.75, 3.05) is 24.5 Å². The minimum absolute atomic E-state index is 0.0153. The summed E-state index contributed by atoms with van der Waals surface area (Å²) in [5.74, 6) is 1.90. The van der Waals surface area contributed by atoms with Gasteiger partial charge in [-0.15, -0.1) is 0 Å². The number of hydrogen-bond acceptors (Lipinski definition) is 6. The molecule has 7 heteroatoms. The molecular weight excluding hydrogens is 414 g/mol. The molecule has 33 heavy (non-hydrogen) atoms. The third-order valence-corrected chi connectivity index (χ3v) is 7.55. The first-order valence-electron chi connectivity index (χ1n) is 12.3. The molecule has 2 aliphatic heterocycles. The number of fused-ring (bicyclic) bond motifs is 1. The molecule has 0 bridgehead atoms. The molecule has 1 saturated heterocycles. The van der Waals surface area contributed by atoms with Crippen LogP contribution in [0, 0.1) is 0 Å². The van der Waals surface area contributed by atoms with Crippen molar-refractivity contribution in [3.63, 3.8) is 0 Å². The van der Waals surface area contributed by atoms with Crippen LogP contribution < -0.4 is 9.64 Å². The molecule has 2 aliphatic carbocycles. The van der Waals surface area contributed by atoms with Gasteiger partial charge in [-0.3, -0.25) is 9.79 Å². The van der Waals surface area contributed by atoms with Gasteiger partial charge in [0, 0.05) is 30.8 Å². The Hall–Kier alpha value is -2.96. The van der Waals surface area contributed by atoms with Gasteiger partial charge < -0.3 is 14.5 Å². The van der Waals surface area contributed by atoms with Gasteiger partial charge in [0.05, 0.1) is 24.5 Å². The molecule has 2 saturated carbocycles. The van der Waals surface area contributed by atoms with Gasteiger partial charge >= 0.3 is 0 Å². The number of aromatic nitrogens is 2. The highest BCUT2D eigenvalue weighted by Crippen LogP contribution is 2.40. The minimum atomic E-state index is -0.0153. The van der Waals surface area contributed by atoms with Crippen molar-refractivity contribution in [3.05, 3.63) is 47.4 Å².